The molecule has 1 aliphatic rings. The Morgan fingerprint density at radius 3 is 2.45 bits per heavy atom. The highest BCUT2D eigenvalue weighted by Crippen LogP contribution is 2.11. The third-order valence-electron chi connectivity index (χ3n) is 3.35. The monoisotopic (exact) mass is 297 g/mol. The summed E-state index contributed by atoms with van der Waals surface area (Å²) in [6.07, 6.45) is 6.34. The number of hydrogen-bond acceptors (Lipinski definition) is 4. The van der Waals surface area contributed by atoms with Crippen LogP contribution in [0.2, 0.25) is 0 Å². The van der Waals surface area contributed by atoms with E-state index in [4.69, 9.17) is 0 Å². The number of carbonyl (C=O) groups is 1. The van der Waals surface area contributed by atoms with Crippen molar-refractivity contribution < 1.29 is 13.2 Å². The number of likely N-dealkylation sites (tertiary alicyclic amines) is 1. The summed E-state index contributed by atoms with van der Waals surface area (Å²) in [5.41, 5.74) is 0.819. The van der Waals surface area contributed by atoms with Gasteiger partial charge in [-0.2, -0.15) is 4.31 Å². The van der Waals surface area contributed by atoms with E-state index in [1.807, 2.05) is 0 Å². The lowest BCUT2D eigenvalue weighted by Gasteiger charge is -2.23. The van der Waals surface area contributed by atoms with E-state index < -0.39 is 10.0 Å². The van der Waals surface area contributed by atoms with E-state index in [-0.39, 0.29) is 19.0 Å². The van der Waals surface area contributed by atoms with Crippen LogP contribution >= 0.6 is 0 Å². The van der Waals surface area contributed by atoms with Gasteiger partial charge in [-0.15, -0.1) is 0 Å². The molecule has 7 heteroatoms. The van der Waals surface area contributed by atoms with Crippen molar-refractivity contribution in [3.63, 3.8) is 0 Å². The third kappa shape index (κ3) is 4.01. The second kappa shape index (κ2) is 6.32. The molecule has 0 N–H and O–H groups in total. The van der Waals surface area contributed by atoms with Crippen molar-refractivity contribution in [3.8, 4) is 0 Å². The Morgan fingerprint density at radius 1 is 1.30 bits per heavy atom. The van der Waals surface area contributed by atoms with E-state index in [0.717, 1.165) is 37.8 Å². The Balaban J connectivity index is 2.06. The van der Waals surface area contributed by atoms with Crippen LogP contribution in [0.1, 0.15) is 18.4 Å². The van der Waals surface area contributed by atoms with Crippen LogP contribution in [0.5, 0.6) is 0 Å². The first-order valence-electron chi connectivity index (χ1n) is 6.58. The SMILES string of the molecule is CS(=O)(=O)N(CC(=O)N1CCCC1)Cc1ccncc1. The second-order valence-corrected chi connectivity index (χ2v) is 6.96. The zero-order valence-electron chi connectivity index (χ0n) is 11.5. The zero-order chi connectivity index (χ0) is 14.6. The first-order chi connectivity index (χ1) is 9.47. The van der Waals surface area contributed by atoms with Gasteiger partial charge in [-0.05, 0) is 30.5 Å². The molecule has 1 aromatic heterocycles. The second-order valence-electron chi connectivity index (χ2n) is 4.97. The molecule has 0 atom stereocenters. The number of nitrogens with zero attached hydrogens (tertiary/aromatic N) is 3. The Bertz CT molecular complexity index is 553. The fraction of sp³-hybridized carbons (Fsp3) is 0.538. The van der Waals surface area contributed by atoms with Crippen LogP contribution in [0.25, 0.3) is 0 Å². The summed E-state index contributed by atoms with van der Waals surface area (Å²) >= 11 is 0. The van der Waals surface area contributed by atoms with E-state index in [9.17, 15) is 13.2 Å². The van der Waals surface area contributed by atoms with Gasteiger partial charge in [-0.3, -0.25) is 9.78 Å². The topological polar surface area (TPSA) is 70.6 Å². The molecule has 2 heterocycles. The maximum atomic E-state index is 12.1. The summed E-state index contributed by atoms with van der Waals surface area (Å²) in [4.78, 5) is 17.7. The van der Waals surface area contributed by atoms with Crippen molar-refractivity contribution in [1.82, 2.24) is 14.2 Å². The number of amides is 1. The van der Waals surface area contributed by atoms with Crippen molar-refractivity contribution >= 4 is 15.9 Å². The summed E-state index contributed by atoms with van der Waals surface area (Å²) in [5.74, 6) is -0.123. The molecular formula is C13H19N3O3S. The standard InChI is InChI=1S/C13H19N3O3S/c1-20(18,19)16(10-12-4-6-14-7-5-12)11-13(17)15-8-2-3-9-15/h4-7H,2-3,8-11H2,1H3. The van der Waals surface area contributed by atoms with Gasteiger partial charge in [-0.1, -0.05) is 0 Å². The molecule has 6 nitrogen and oxygen atoms in total. The normalized spacial score (nSPS) is 15.8. The lowest BCUT2D eigenvalue weighted by molar-refractivity contribution is -0.130. The molecule has 1 amide bonds. The fourth-order valence-electron chi connectivity index (χ4n) is 2.20. The van der Waals surface area contributed by atoms with Crippen molar-refractivity contribution in [2.24, 2.45) is 0 Å². The van der Waals surface area contributed by atoms with Gasteiger partial charge in [0.1, 0.15) is 0 Å². The molecule has 1 fully saturated rings. The van der Waals surface area contributed by atoms with E-state index in [0.29, 0.717) is 0 Å². The maximum Gasteiger partial charge on any atom is 0.237 e. The number of sulfonamides is 1. The lowest BCUT2D eigenvalue weighted by Crippen LogP contribution is -2.41. The van der Waals surface area contributed by atoms with Crippen LogP contribution in [-0.2, 0) is 21.4 Å². The summed E-state index contributed by atoms with van der Waals surface area (Å²) in [6, 6.07) is 3.50. The molecule has 20 heavy (non-hydrogen) atoms. The number of pyridine rings is 1. The molecule has 1 aromatic rings. The van der Waals surface area contributed by atoms with Gasteiger partial charge >= 0.3 is 0 Å². The summed E-state index contributed by atoms with van der Waals surface area (Å²) in [5, 5.41) is 0. The molecule has 0 aromatic carbocycles. The van der Waals surface area contributed by atoms with Gasteiger partial charge in [0.05, 0.1) is 12.8 Å². The summed E-state index contributed by atoms with van der Waals surface area (Å²) < 4.78 is 24.9. The Kier molecular flexibility index (Phi) is 4.72. The number of hydrogen-bond donors (Lipinski definition) is 0. The van der Waals surface area contributed by atoms with Gasteiger partial charge in [-0.25, -0.2) is 8.42 Å². The minimum absolute atomic E-state index is 0.0961. The third-order valence-corrected chi connectivity index (χ3v) is 4.54. The van der Waals surface area contributed by atoms with Crippen LogP contribution in [-0.4, -0.2) is 54.4 Å². The molecule has 0 saturated carbocycles. The Hall–Kier alpha value is -1.47. The van der Waals surface area contributed by atoms with Crippen LogP contribution in [0.15, 0.2) is 24.5 Å². The minimum Gasteiger partial charge on any atom is -0.342 e. The van der Waals surface area contributed by atoms with E-state index >= 15 is 0 Å². The Labute approximate surface area is 119 Å². The molecule has 2 rings (SSSR count). The van der Waals surface area contributed by atoms with Crippen molar-refractivity contribution in [2.75, 3.05) is 25.9 Å². The van der Waals surface area contributed by atoms with Crippen molar-refractivity contribution in [3.05, 3.63) is 30.1 Å². The Morgan fingerprint density at radius 2 is 1.90 bits per heavy atom. The van der Waals surface area contributed by atoms with Gasteiger partial charge in [0.2, 0.25) is 15.9 Å². The molecule has 0 unspecified atom stereocenters. The first kappa shape index (κ1) is 14.9. The van der Waals surface area contributed by atoms with Crippen LogP contribution in [0.3, 0.4) is 0 Å². The number of rotatable bonds is 5. The van der Waals surface area contributed by atoms with Crippen molar-refractivity contribution in [2.45, 2.75) is 19.4 Å². The smallest absolute Gasteiger partial charge is 0.237 e. The van der Waals surface area contributed by atoms with Crippen molar-refractivity contribution in [1.29, 1.82) is 0 Å². The molecular weight excluding hydrogens is 278 g/mol. The van der Waals surface area contributed by atoms with Crippen LogP contribution in [0.4, 0.5) is 0 Å². The van der Waals surface area contributed by atoms with E-state index in [2.05, 4.69) is 4.98 Å². The molecule has 0 radical (unpaired) electrons. The molecule has 0 aliphatic carbocycles. The maximum absolute atomic E-state index is 12.1. The quantitative estimate of drug-likeness (QED) is 0.792. The van der Waals surface area contributed by atoms with Gasteiger partial charge < -0.3 is 4.90 Å². The number of aromatic nitrogens is 1. The van der Waals surface area contributed by atoms with Gasteiger partial charge in [0.25, 0.3) is 0 Å². The van der Waals surface area contributed by atoms with Crippen LogP contribution < -0.4 is 0 Å². The molecule has 1 aliphatic heterocycles. The van der Waals surface area contributed by atoms with Gasteiger partial charge in [0, 0.05) is 32.0 Å². The lowest BCUT2D eigenvalue weighted by atomic mass is 10.3. The van der Waals surface area contributed by atoms with Crippen LogP contribution in [0, 0.1) is 0 Å². The molecule has 0 bridgehead atoms. The predicted octanol–water partition coefficient (Wildman–Crippen LogP) is 0.466. The minimum atomic E-state index is -3.42. The van der Waals surface area contributed by atoms with E-state index in [1.165, 1.54) is 4.31 Å². The predicted molar refractivity (Wildman–Crippen MR) is 75.3 cm³/mol. The zero-order valence-corrected chi connectivity index (χ0v) is 12.3. The molecule has 0 spiro atoms. The molecule has 110 valence electrons. The van der Waals surface area contributed by atoms with E-state index in [1.54, 1.807) is 29.4 Å². The summed E-state index contributed by atoms with van der Waals surface area (Å²) in [6.45, 7) is 1.56. The average Bonchev–Trinajstić information content (AvgIpc) is 2.92. The van der Waals surface area contributed by atoms with Gasteiger partial charge in [0.15, 0.2) is 0 Å². The largest absolute Gasteiger partial charge is 0.342 e. The highest BCUT2D eigenvalue weighted by molar-refractivity contribution is 7.88. The highest BCUT2D eigenvalue weighted by atomic mass is 32.2. The average molecular weight is 297 g/mol. The number of carbonyl (C=O) groups excluding carboxylic acids is 1. The summed E-state index contributed by atoms with van der Waals surface area (Å²) in [7, 11) is -3.42. The first-order valence-corrected chi connectivity index (χ1v) is 8.43. The fourth-order valence-corrected chi connectivity index (χ4v) is 2.93. The highest BCUT2D eigenvalue weighted by Gasteiger charge is 2.25. The molecule has 1 saturated heterocycles.